The van der Waals surface area contributed by atoms with Gasteiger partial charge in [-0.2, -0.15) is 5.10 Å². The largest absolute Gasteiger partial charge is 0.331 e. The van der Waals surface area contributed by atoms with Crippen LogP contribution in [0.3, 0.4) is 0 Å². The fourth-order valence-corrected chi connectivity index (χ4v) is 5.40. The summed E-state index contributed by atoms with van der Waals surface area (Å²) in [6, 6.07) is 12.1. The van der Waals surface area contributed by atoms with E-state index >= 15 is 0 Å². The summed E-state index contributed by atoms with van der Waals surface area (Å²) in [6.07, 6.45) is 0.565. The monoisotopic (exact) mass is 539 g/mol. The third-order valence-corrected chi connectivity index (χ3v) is 7.85. The van der Waals surface area contributed by atoms with Crippen LogP contribution in [0.4, 0.5) is 5.69 Å². The Balaban J connectivity index is 1.40. The van der Waals surface area contributed by atoms with Crippen LogP contribution >= 0.6 is 23.2 Å². The summed E-state index contributed by atoms with van der Waals surface area (Å²) in [6.45, 7) is 6.85. The summed E-state index contributed by atoms with van der Waals surface area (Å²) in [4.78, 5) is 42.1. The highest BCUT2D eigenvalue weighted by atomic mass is 35.5. The first-order chi connectivity index (χ1) is 17.6. The zero-order chi connectivity index (χ0) is 26.4. The van der Waals surface area contributed by atoms with Gasteiger partial charge in [-0.05, 0) is 49.7 Å². The number of benzene rings is 2. The molecule has 3 amide bonds. The molecule has 2 aliphatic rings. The molecule has 5 rings (SSSR count). The summed E-state index contributed by atoms with van der Waals surface area (Å²) in [5, 5.41) is 8.22. The van der Waals surface area contributed by atoms with E-state index in [1.165, 1.54) is 6.92 Å². The molecular weight excluding hydrogens is 513 g/mol. The minimum absolute atomic E-state index is 0.0846. The number of nitrogens with zero attached hydrogens (tertiary/aromatic N) is 4. The fourth-order valence-electron chi connectivity index (χ4n) is 5.10. The molecule has 0 aliphatic carbocycles. The molecule has 0 spiro atoms. The van der Waals surface area contributed by atoms with Crippen molar-refractivity contribution < 1.29 is 14.4 Å². The van der Waals surface area contributed by atoms with E-state index in [4.69, 9.17) is 28.3 Å². The van der Waals surface area contributed by atoms with E-state index in [9.17, 15) is 14.4 Å². The van der Waals surface area contributed by atoms with Crippen LogP contribution in [-0.4, -0.2) is 49.9 Å². The van der Waals surface area contributed by atoms with Gasteiger partial charge in [-0.3, -0.25) is 19.1 Å². The normalized spacial score (nSPS) is 17.8. The van der Waals surface area contributed by atoms with Gasteiger partial charge < -0.3 is 15.1 Å². The van der Waals surface area contributed by atoms with E-state index < -0.39 is 0 Å². The molecule has 0 radical (unpaired) electrons. The Morgan fingerprint density at radius 1 is 1.08 bits per heavy atom. The molecular formula is C27H27Cl2N5O3. The quantitative estimate of drug-likeness (QED) is 0.507. The molecule has 1 aromatic heterocycles. The van der Waals surface area contributed by atoms with Crippen LogP contribution in [-0.2, 0) is 24.3 Å². The van der Waals surface area contributed by atoms with Crippen molar-refractivity contribution >= 4 is 46.6 Å². The van der Waals surface area contributed by atoms with Gasteiger partial charge in [0.2, 0.25) is 5.91 Å². The van der Waals surface area contributed by atoms with Gasteiger partial charge in [-0.25, -0.2) is 0 Å². The van der Waals surface area contributed by atoms with Gasteiger partial charge >= 0.3 is 0 Å². The number of fused-ring (bicyclic) bond motifs is 3. The molecule has 2 aliphatic heterocycles. The third-order valence-electron chi connectivity index (χ3n) is 7.11. The minimum atomic E-state index is -0.172. The van der Waals surface area contributed by atoms with E-state index in [1.807, 2.05) is 43.0 Å². The SMILES string of the molecule is CC(=O)Nc1ccc(C(C)N2CCn3nc4c(c3C2=O)CN(C(=O)c2ccc(Cl)c(Cl)c2)[C@H](C)C4)cc1. The van der Waals surface area contributed by atoms with Crippen molar-refractivity contribution in [1.29, 1.82) is 0 Å². The maximum Gasteiger partial charge on any atom is 0.273 e. The van der Waals surface area contributed by atoms with Crippen molar-refractivity contribution in [2.24, 2.45) is 0 Å². The van der Waals surface area contributed by atoms with Crippen LogP contribution in [0.1, 0.15) is 64.5 Å². The molecule has 192 valence electrons. The zero-order valence-electron chi connectivity index (χ0n) is 20.8. The Morgan fingerprint density at radius 2 is 1.81 bits per heavy atom. The Bertz CT molecular complexity index is 1400. The van der Waals surface area contributed by atoms with Gasteiger partial charge in [0.05, 0.1) is 34.9 Å². The van der Waals surface area contributed by atoms with Crippen molar-refractivity contribution in [2.75, 3.05) is 11.9 Å². The Kier molecular flexibility index (Phi) is 6.72. The Morgan fingerprint density at radius 3 is 2.49 bits per heavy atom. The third kappa shape index (κ3) is 4.71. The smallest absolute Gasteiger partial charge is 0.273 e. The fraction of sp³-hybridized carbons (Fsp3) is 0.333. The maximum atomic E-state index is 13.8. The molecule has 37 heavy (non-hydrogen) atoms. The average molecular weight is 540 g/mol. The molecule has 1 N–H and O–H groups in total. The first-order valence-corrected chi connectivity index (χ1v) is 12.9. The molecule has 10 heteroatoms. The van der Waals surface area contributed by atoms with E-state index in [-0.39, 0.29) is 29.8 Å². The number of nitrogens with one attached hydrogen (secondary N) is 1. The number of rotatable bonds is 4. The maximum absolute atomic E-state index is 13.8. The van der Waals surface area contributed by atoms with E-state index in [1.54, 1.807) is 27.8 Å². The number of halogens is 2. The first-order valence-electron chi connectivity index (χ1n) is 12.2. The predicted molar refractivity (Wildman–Crippen MR) is 142 cm³/mol. The van der Waals surface area contributed by atoms with Gasteiger partial charge in [0.25, 0.3) is 11.8 Å². The van der Waals surface area contributed by atoms with E-state index in [0.29, 0.717) is 53.0 Å². The number of hydrogen-bond acceptors (Lipinski definition) is 4. The summed E-state index contributed by atoms with van der Waals surface area (Å²) in [5.41, 5.74) is 4.34. The van der Waals surface area contributed by atoms with Crippen molar-refractivity contribution in [3.05, 3.63) is 80.6 Å². The number of amides is 3. The molecule has 1 unspecified atom stereocenters. The van der Waals surface area contributed by atoms with Crippen LogP contribution in [0.5, 0.6) is 0 Å². The highest BCUT2D eigenvalue weighted by Crippen LogP contribution is 2.33. The molecule has 0 saturated heterocycles. The molecule has 3 heterocycles. The Labute approximate surface area is 225 Å². The van der Waals surface area contributed by atoms with Crippen molar-refractivity contribution in [1.82, 2.24) is 19.6 Å². The number of carbonyl (C=O) groups is 3. The zero-order valence-corrected chi connectivity index (χ0v) is 22.3. The molecule has 0 bridgehead atoms. The summed E-state index contributed by atoms with van der Waals surface area (Å²) in [5.74, 6) is -0.398. The lowest BCUT2D eigenvalue weighted by molar-refractivity contribution is -0.114. The van der Waals surface area contributed by atoms with E-state index in [0.717, 1.165) is 16.8 Å². The molecule has 2 atom stereocenters. The first kappa shape index (κ1) is 25.3. The van der Waals surface area contributed by atoms with Gasteiger partial charge in [0.15, 0.2) is 0 Å². The second-order valence-corrected chi connectivity index (χ2v) is 10.4. The average Bonchev–Trinajstić information content (AvgIpc) is 3.22. The van der Waals surface area contributed by atoms with Gasteiger partial charge in [-0.15, -0.1) is 0 Å². The number of anilines is 1. The standard InChI is InChI=1S/C27H27Cl2N5O3/c1-15-12-24-21(14-33(15)26(36)19-6-9-22(28)23(29)13-19)25-27(37)32(10-11-34(25)31-24)16(2)18-4-7-20(8-5-18)30-17(3)35/h4-9,13,15-16H,10-12,14H2,1-3H3,(H,30,35)/t15-,16?/m1/s1. The van der Waals surface area contributed by atoms with Crippen LogP contribution in [0.2, 0.25) is 10.0 Å². The number of hydrogen-bond donors (Lipinski definition) is 1. The van der Waals surface area contributed by atoms with Crippen LogP contribution in [0.15, 0.2) is 42.5 Å². The van der Waals surface area contributed by atoms with Crippen molar-refractivity contribution in [3.8, 4) is 0 Å². The highest BCUT2D eigenvalue weighted by molar-refractivity contribution is 6.42. The van der Waals surface area contributed by atoms with E-state index in [2.05, 4.69) is 5.32 Å². The Hall–Kier alpha value is -3.36. The molecule has 0 fully saturated rings. The number of aromatic nitrogens is 2. The second-order valence-electron chi connectivity index (χ2n) is 9.59. The van der Waals surface area contributed by atoms with Crippen molar-refractivity contribution in [2.45, 2.75) is 52.4 Å². The molecule has 3 aromatic rings. The van der Waals surface area contributed by atoms with Crippen LogP contribution < -0.4 is 5.32 Å². The molecule has 8 nitrogen and oxygen atoms in total. The van der Waals surface area contributed by atoms with Crippen LogP contribution in [0, 0.1) is 0 Å². The summed E-state index contributed by atoms with van der Waals surface area (Å²) in [7, 11) is 0. The van der Waals surface area contributed by atoms with Crippen molar-refractivity contribution in [3.63, 3.8) is 0 Å². The summed E-state index contributed by atoms with van der Waals surface area (Å²) < 4.78 is 1.79. The lowest BCUT2D eigenvalue weighted by atomic mass is 9.97. The predicted octanol–water partition coefficient (Wildman–Crippen LogP) is 4.95. The second kappa shape index (κ2) is 9.84. The van der Waals surface area contributed by atoms with Gasteiger partial charge in [0.1, 0.15) is 5.69 Å². The summed E-state index contributed by atoms with van der Waals surface area (Å²) >= 11 is 12.2. The topological polar surface area (TPSA) is 87.5 Å². The molecule has 2 aromatic carbocycles. The highest BCUT2D eigenvalue weighted by Gasteiger charge is 2.38. The lowest BCUT2D eigenvalue weighted by Gasteiger charge is -2.35. The number of carbonyl (C=O) groups excluding carboxylic acids is 3. The van der Waals surface area contributed by atoms with Gasteiger partial charge in [0, 0.05) is 42.7 Å². The van der Waals surface area contributed by atoms with Gasteiger partial charge in [-0.1, -0.05) is 35.3 Å². The minimum Gasteiger partial charge on any atom is -0.331 e. The van der Waals surface area contributed by atoms with Crippen LogP contribution in [0.25, 0.3) is 0 Å². The molecule has 0 saturated carbocycles. The lowest BCUT2D eigenvalue weighted by Crippen LogP contribution is -2.44.